The number of aromatic nitrogens is 2. The van der Waals surface area contributed by atoms with Crippen LogP contribution in [0.15, 0.2) is 49.3 Å². The van der Waals surface area contributed by atoms with Gasteiger partial charge in [0.2, 0.25) is 5.91 Å². The Balaban J connectivity index is 1.71. The van der Waals surface area contributed by atoms with E-state index in [1.807, 2.05) is 31.3 Å². The van der Waals surface area contributed by atoms with Gasteiger partial charge in [0.15, 0.2) is 0 Å². The van der Waals surface area contributed by atoms with Gasteiger partial charge in [0.25, 0.3) is 5.91 Å². The Labute approximate surface area is 147 Å². The van der Waals surface area contributed by atoms with Crippen LogP contribution in [0.4, 0.5) is 5.69 Å². The first-order valence-electron chi connectivity index (χ1n) is 8.43. The smallest absolute Gasteiger partial charge is 0.251 e. The van der Waals surface area contributed by atoms with Crippen LogP contribution in [0.1, 0.15) is 29.3 Å². The van der Waals surface area contributed by atoms with Crippen molar-refractivity contribution in [3.63, 3.8) is 0 Å². The highest BCUT2D eigenvalue weighted by molar-refractivity contribution is 6.02. The first-order valence-corrected chi connectivity index (χ1v) is 8.43. The zero-order chi connectivity index (χ0) is 17.8. The molecule has 0 saturated carbocycles. The summed E-state index contributed by atoms with van der Waals surface area (Å²) >= 11 is 0. The molecule has 0 fully saturated rings. The van der Waals surface area contributed by atoms with Gasteiger partial charge in [-0.15, -0.1) is 0 Å². The van der Waals surface area contributed by atoms with E-state index >= 15 is 0 Å². The number of carbonyl (C=O) groups is 2. The van der Waals surface area contributed by atoms with Crippen LogP contribution in [-0.2, 0) is 17.8 Å². The molecule has 1 aliphatic rings. The van der Waals surface area contributed by atoms with Crippen molar-refractivity contribution >= 4 is 17.5 Å². The summed E-state index contributed by atoms with van der Waals surface area (Å²) in [5, 5.41) is 7.14. The topological polar surface area (TPSA) is 67.2 Å². The molecule has 1 unspecified atom stereocenters. The second-order valence-corrected chi connectivity index (χ2v) is 6.24. The molecule has 1 aromatic carbocycles. The van der Waals surface area contributed by atoms with Gasteiger partial charge in [-0.25, -0.2) is 0 Å². The lowest BCUT2D eigenvalue weighted by atomic mass is 9.98. The van der Waals surface area contributed by atoms with E-state index in [1.165, 1.54) is 6.08 Å². The van der Waals surface area contributed by atoms with Crippen molar-refractivity contribution in [1.82, 2.24) is 15.1 Å². The Bertz CT molecular complexity index is 783. The van der Waals surface area contributed by atoms with Crippen molar-refractivity contribution in [2.45, 2.75) is 32.4 Å². The van der Waals surface area contributed by atoms with Crippen LogP contribution in [0.5, 0.6) is 0 Å². The average molecular weight is 338 g/mol. The Hall–Kier alpha value is -2.89. The van der Waals surface area contributed by atoms with Gasteiger partial charge in [-0.05, 0) is 55.7 Å². The maximum Gasteiger partial charge on any atom is 0.251 e. The van der Waals surface area contributed by atoms with Gasteiger partial charge in [0, 0.05) is 36.2 Å². The normalized spacial score (nSPS) is 14.5. The predicted molar refractivity (Wildman–Crippen MR) is 96.5 cm³/mol. The fourth-order valence-corrected chi connectivity index (χ4v) is 3.12. The molecule has 1 N–H and O–H groups in total. The van der Waals surface area contributed by atoms with Crippen LogP contribution in [0.25, 0.3) is 0 Å². The first kappa shape index (κ1) is 17.0. The number of anilines is 1. The molecule has 0 bridgehead atoms. The molecule has 1 aliphatic heterocycles. The minimum absolute atomic E-state index is 0.0396. The third-order valence-corrected chi connectivity index (χ3v) is 4.30. The van der Waals surface area contributed by atoms with E-state index in [4.69, 9.17) is 0 Å². The lowest BCUT2D eigenvalue weighted by molar-refractivity contribution is -0.114. The van der Waals surface area contributed by atoms with Gasteiger partial charge >= 0.3 is 0 Å². The molecule has 1 aromatic heterocycles. The molecule has 1 atom stereocenters. The van der Waals surface area contributed by atoms with Crippen LogP contribution in [-0.4, -0.2) is 34.2 Å². The van der Waals surface area contributed by atoms with E-state index in [0.29, 0.717) is 18.7 Å². The van der Waals surface area contributed by atoms with Crippen molar-refractivity contribution in [2.75, 3.05) is 11.4 Å². The highest BCUT2D eigenvalue weighted by Crippen LogP contribution is 2.28. The SMILES string of the molecule is C=CC(=O)N1CCCc2cc(C(=O)NC(C)Cn3cccn3)ccc21. The zero-order valence-electron chi connectivity index (χ0n) is 14.3. The van der Waals surface area contributed by atoms with E-state index in [2.05, 4.69) is 17.0 Å². The van der Waals surface area contributed by atoms with Crippen molar-refractivity contribution in [2.24, 2.45) is 0 Å². The van der Waals surface area contributed by atoms with E-state index in [1.54, 1.807) is 21.8 Å². The molecule has 130 valence electrons. The summed E-state index contributed by atoms with van der Waals surface area (Å²) in [4.78, 5) is 26.2. The third-order valence-electron chi connectivity index (χ3n) is 4.30. The second kappa shape index (κ2) is 7.34. The molecule has 2 amide bonds. The molecule has 2 aromatic rings. The summed E-state index contributed by atoms with van der Waals surface area (Å²) in [5.41, 5.74) is 2.50. The Morgan fingerprint density at radius 2 is 2.28 bits per heavy atom. The molecule has 6 heteroatoms. The second-order valence-electron chi connectivity index (χ2n) is 6.24. The largest absolute Gasteiger partial charge is 0.348 e. The predicted octanol–water partition coefficient (Wildman–Crippen LogP) is 2.17. The molecule has 6 nitrogen and oxygen atoms in total. The average Bonchev–Trinajstić information content (AvgIpc) is 3.12. The van der Waals surface area contributed by atoms with E-state index in [-0.39, 0.29) is 17.9 Å². The van der Waals surface area contributed by atoms with E-state index in [9.17, 15) is 9.59 Å². The van der Waals surface area contributed by atoms with Gasteiger partial charge in [-0.2, -0.15) is 5.10 Å². The molecule has 3 rings (SSSR count). The summed E-state index contributed by atoms with van der Waals surface area (Å²) < 4.78 is 1.79. The number of amides is 2. The lowest BCUT2D eigenvalue weighted by Gasteiger charge is -2.29. The lowest BCUT2D eigenvalue weighted by Crippen LogP contribution is -2.36. The van der Waals surface area contributed by atoms with Crippen molar-refractivity contribution in [3.8, 4) is 0 Å². The molecule has 0 radical (unpaired) electrons. The van der Waals surface area contributed by atoms with Gasteiger partial charge in [0.1, 0.15) is 0 Å². The molecule has 0 spiro atoms. The summed E-state index contributed by atoms with van der Waals surface area (Å²) in [6, 6.07) is 7.32. The summed E-state index contributed by atoms with van der Waals surface area (Å²) in [5.74, 6) is -0.222. The molecule has 0 saturated heterocycles. The minimum atomic E-state index is -0.116. The number of rotatable bonds is 5. The maximum atomic E-state index is 12.5. The molecular formula is C19H22N4O2. The molecular weight excluding hydrogens is 316 g/mol. The highest BCUT2D eigenvalue weighted by atomic mass is 16.2. The fourth-order valence-electron chi connectivity index (χ4n) is 3.12. The number of nitrogens with one attached hydrogen (secondary N) is 1. The highest BCUT2D eigenvalue weighted by Gasteiger charge is 2.22. The number of benzene rings is 1. The van der Waals surface area contributed by atoms with Crippen molar-refractivity contribution in [3.05, 3.63) is 60.4 Å². The minimum Gasteiger partial charge on any atom is -0.348 e. The van der Waals surface area contributed by atoms with Gasteiger partial charge < -0.3 is 10.2 Å². The Morgan fingerprint density at radius 3 is 3.00 bits per heavy atom. The fraction of sp³-hybridized carbons (Fsp3) is 0.316. The summed E-state index contributed by atoms with van der Waals surface area (Å²) in [7, 11) is 0. The van der Waals surface area contributed by atoms with Crippen LogP contribution in [0, 0.1) is 0 Å². The Kier molecular flexibility index (Phi) is 4.97. The van der Waals surface area contributed by atoms with E-state index in [0.717, 1.165) is 24.1 Å². The summed E-state index contributed by atoms with van der Waals surface area (Å²) in [6.45, 7) is 6.80. The molecule has 0 aliphatic carbocycles. The van der Waals surface area contributed by atoms with Gasteiger partial charge in [-0.1, -0.05) is 6.58 Å². The van der Waals surface area contributed by atoms with Crippen LogP contribution >= 0.6 is 0 Å². The van der Waals surface area contributed by atoms with Crippen LogP contribution in [0.3, 0.4) is 0 Å². The summed E-state index contributed by atoms with van der Waals surface area (Å²) in [6.07, 6.45) is 6.65. The number of fused-ring (bicyclic) bond motifs is 1. The third kappa shape index (κ3) is 3.79. The van der Waals surface area contributed by atoms with Crippen molar-refractivity contribution < 1.29 is 9.59 Å². The van der Waals surface area contributed by atoms with Gasteiger partial charge in [-0.3, -0.25) is 14.3 Å². The number of nitrogens with zero attached hydrogens (tertiary/aromatic N) is 3. The molecule has 2 heterocycles. The zero-order valence-corrected chi connectivity index (χ0v) is 14.3. The maximum absolute atomic E-state index is 12.5. The standard InChI is InChI=1S/C19H22N4O2/c1-3-18(24)23-11-4-6-15-12-16(7-8-17(15)23)19(25)21-14(2)13-22-10-5-9-20-22/h3,5,7-10,12,14H,1,4,6,11,13H2,2H3,(H,21,25). The Morgan fingerprint density at radius 1 is 1.44 bits per heavy atom. The van der Waals surface area contributed by atoms with Crippen molar-refractivity contribution in [1.29, 1.82) is 0 Å². The first-order chi connectivity index (χ1) is 12.1. The number of hydrogen-bond acceptors (Lipinski definition) is 3. The number of hydrogen-bond donors (Lipinski definition) is 1. The van der Waals surface area contributed by atoms with Crippen LogP contribution in [0.2, 0.25) is 0 Å². The quantitative estimate of drug-likeness (QED) is 0.850. The number of carbonyl (C=O) groups excluding carboxylic acids is 2. The monoisotopic (exact) mass is 338 g/mol. The number of aryl methyl sites for hydroxylation is 1. The van der Waals surface area contributed by atoms with E-state index < -0.39 is 0 Å². The van der Waals surface area contributed by atoms with Crippen LogP contribution < -0.4 is 10.2 Å². The molecule has 25 heavy (non-hydrogen) atoms. The van der Waals surface area contributed by atoms with Gasteiger partial charge in [0.05, 0.1) is 6.54 Å².